The molecular weight excluding hydrogens is 143 g/mol. The van der Waals surface area contributed by atoms with Gasteiger partial charge in [-0.25, -0.2) is 4.39 Å². The molecule has 1 rings (SSSR count). The third-order valence-corrected chi connectivity index (χ3v) is 1.41. The van der Waals surface area contributed by atoms with Gasteiger partial charge in [0.05, 0.1) is 7.11 Å². The number of hydrogen-bond donors (Lipinski definition) is 0. The Morgan fingerprint density at radius 1 is 1.36 bits per heavy atom. The van der Waals surface area contributed by atoms with Crippen molar-refractivity contribution in [3.05, 3.63) is 42.2 Å². The highest BCUT2D eigenvalue weighted by molar-refractivity contribution is 5.56. The molecule has 1 aromatic rings. The number of hydrogen-bond acceptors (Lipinski definition) is 1. The highest BCUT2D eigenvalue weighted by Crippen LogP contribution is 2.12. The summed E-state index contributed by atoms with van der Waals surface area (Å²) in [5.41, 5.74) is 0.800. The summed E-state index contributed by atoms with van der Waals surface area (Å²) in [7, 11) is 1.53. The highest BCUT2D eigenvalue weighted by Gasteiger charge is 1.96. The van der Waals surface area contributed by atoms with Gasteiger partial charge >= 0.3 is 0 Å². The molecular formula is C9H9FO. The molecule has 0 atom stereocenters. The molecule has 0 radical (unpaired) electrons. The maximum absolute atomic E-state index is 12.4. The van der Waals surface area contributed by atoms with E-state index >= 15 is 0 Å². The van der Waals surface area contributed by atoms with Gasteiger partial charge in [-0.1, -0.05) is 6.58 Å². The molecule has 58 valence electrons. The van der Waals surface area contributed by atoms with Crippen molar-refractivity contribution in [1.82, 2.24) is 0 Å². The first-order valence-corrected chi connectivity index (χ1v) is 3.23. The highest BCUT2D eigenvalue weighted by atomic mass is 19.1. The Labute approximate surface area is 65.1 Å². The molecule has 0 spiro atoms. The lowest BCUT2D eigenvalue weighted by Crippen LogP contribution is -1.84. The third kappa shape index (κ3) is 1.80. The van der Waals surface area contributed by atoms with Crippen LogP contribution in [0.3, 0.4) is 0 Å². The van der Waals surface area contributed by atoms with Gasteiger partial charge in [0, 0.05) is 5.56 Å². The van der Waals surface area contributed by atoms with E-state index in [1.54, 1.807) is 12.1 Å². The van der Waals surface area contributed by atoms with Crippen LogP contribution in [0.1, 0.15) is 5.56 Å². The summed E-state index contributed by atoms with van der Waals surface area (Å²) in [6.07, 6.45) is 0. The van der Waals surface area contributed by atoms with Gasteiger partial charge in [0.1, 0.15) is 11.6 Å². The molecule has 0 fully saturated rings. The Morgan fingerprint density at radius 3 is 2.36 bits per heavy atom. The second kappa shape index (κ2) is 3.19. The Hall–Kier alpha value is -1.31. The van der Waals surface area contributed by atoms with E-state index in [1.165, 1.54) is 19.2 Å². The summed E-state index contributed by atoms with van der Waals surface area (Å²) in [5.74, 6) is 0.294. The van der Waals surface area contributed by atoms with E-state index in [1.807, 2.05) is 0 Å². The fraction of sp³-hybridized carbons (Fsp3) is 0.111. The van der Waals surface area contributed by atoms with Crippen molar-refractivity contribution in [2.45, 2.75) is 0 Å². The van der Waals surface area contributed by atoms with E-state index in [0.29, 0.717) is 5.76 Å². The summed E-state index contributed by atoms with van der Waals surface area (Å²) in [4.78, 5) is 0. The van der Waals surface area contributed by atoms with Crippen molar-refractivity contribution in [2.24, 2.45) is 0 Å². The molecule has 0 bridgehead atoms. The lowest BCUT2D eigenvalue weighted by atomic mass is 10.2. The van der Waals surface area contributed by atoms with Crippen LogP contribution < -0.4 is 0 Å². The monoisotopic (exact) mass is 152 g/mol. The Kier molecular flexibility index (Phi) is 2.26. The number of ether oxygens (including phenoxy) is 1. The molecule has 11 heavy (non-hydrogen) atoms. The molecule has 1 aromatic carbocycles. The minimum atomic E-state index is -0.252. The van der Waals surface area contributed by atoms with Crippen LogP contribution in [0.4, 0.5) is 4.39 Å². The third-order valence-electron chi connectivity index (χ3n) is 1.41. The van der Waals surface area contributed by atoms with Crippen LogP contribution >= 0.6 is 0 Å². The first kappa shape index (κ1) is 7.79. The van der Waals surface area contributed by atoms with Gasteiger partial charge in [-0.15, -0.1) is 0 Å². The zero-order chi connectivity index (χ0) is 8.27. The minimum Gasteiger partial charge on any atom is -0.497 e. The molecule has 0 saturated carbocycles. The van der Waals surface area contributed by atoms with Crippen LogP contribution in [0, 0.1) is 5.82 Å². The molecule has 0 aliphatic heterocycles. The summed E-state index contributed by atoms with van der Waals surface area (Å²) in [5, 5.41) is 0. The first-order valence-electron chi connectivity index (χ1n) is 3.23. The molecule has 0 aliphatic rings. The van der Waals surface area contributed by atoms with Crippen LogP contribution in [0.25, 0.3) is 5.76 Å². The van der Waals surface area contributed by atoms with Gasteiger partial charge in [0.25, 0.3) is 0 Å². The lowest BCUT2D eigenvalue weighted by Gasteiger charge is -2.02. The SMILES string of the molecule is C=C(OC)c1ccc(F)cc1. The first-order chi connectivity index (χ1) is 5.24. The predicted molar refractivity (Wildman–Crippen MR) is 42.4 cm³/mol. The minimum absolute atomic E-state index is 0.252. The van der Waals surface area contributed by atoms with Gasteiger partial charge in [0.2, 0.25) is 0 Å². The topological polar surface area (TPSA) is 9.23 Å². The Balaban J connectivity index is 2.90. The molecule has 0 heterocycles. The van der Waals surface area contributed by atoms with Crippen molar-refractivity contribution in [1.29, 1.82) is 0 Å². The predicted octanol–water partition coefficient (Wildman–Crippen LogP) is 2.44. The lowest BCUT2D eigenvalue weighted by molar-refractivity contribution is 0.371. The zero-order valence-electron chi connectivity index (χ0n) is 6.30. The second-order valence-electron chi connectivity index (χ2n) is 2.13. The van der Waals surface area contributed by atoms with E-state index in [-0.39, 0.29) is 5.82 Å². The number of rotatable bonds is 2. The van der Waals surface area contributed by atoms with Crippen LogP contribution in [0.15, 0.2) is 30.8 Å². The van der Waals surface area contributed by atoms with Crippen molar-refractivity contribution in [3.63, 3.8) is 0 Å². The fourth-order valence-electron chi connectivity index (χ4n) is 0.754. The van der Waals surface area contributed by atoms with Crippen molar-refractivity contribution >= 4 is 5.76 Å². The Morgan fingerprint density at radius 2 is 1.91 bits per heavy atom. The van der Waals surface area contributed by atoms with E-state index < -0.39 is 0 Å². The van der Waals surface area contributed by atoms with E-state index in [4.69, 9.17) is 4.74 Å². The van der Waals surface area contributed by atoms with Crippen LogP contribution in [0.2, 0.25) is 0 Å². The number of methoxy groups -OCH3 is 1. The molecule has 0 N–H and O–H groups in total. The zero-order valence-corrected chi connectivity index (χ0v) is 6.30. The second-order valence-corrected chi connectivity index (χ2v) is 2.13. The van der Waals surface area contributed by atoms with Gasteiger partial charge < -0.3 is 4.74 Å². The van der Waals surface area contributed by atoms with E-state index in [0.717, 1.165) is 5.56 Å². The molecule has 2 heteroatoms. The van der Waals surface area contributed by atoms with Gasteiger partial charge in [0.15, 0.2) is 0 Å². The maximum atomic E-state index is 12.4. The largest absolute Gasteiger partial charge is 0.497 e. The van der Waals surface area contributed by atoms with Crippen LogP contribution in [-0.4, -0.2) is 7.11 Å². The standard InChI is InChI=1S/C9H9FO/c1-7(11-2)8-3-5-9(10)6-4-8/h3-6H,1H2,2H3. The summed E-state index contributed by atoms with van der Waals surface area (Å²) in [6.45, 7) is 3.63. The van der Waals surface area contributed by atoms with Crippen LogP contribution in [0.5, 0.6) is 0 Å². The average molecular weight is 152 g/mol. The average Bonchev–Trinajstić information content (AvgIpc) is 2.05. The van der Waals surface area contributed by atoms with Crippen molar-refractivity contribution in [3.8, 4) is 0 Å². The Bertz CT molecular complexity index is 251. The summed E-state index contributed by atoms with van der Waals surface area (Å²) in [6, 6.07) is 6.00. The van der Waals surface area contributed by atoms with Gasteiger partial charge in [-0.3, -0.25) is 0 Å². The normalized spacial score (nSPS) is 9.27. The molecule has 1 nitrogen and oxygen atoms in total. The number of halogens is 1. The molecule has 0 amide bonds. The van der Waals surface area contributed by atoms with Gasteiger partial charge in [-0.05, 0) is 24.3 Å². The van der Waals surface area contributed by atoms with Crippen molar-refractivity contribution in [2.75, 3.05) is 7.11 Å². The molecule has 0 saturated heterocycles. The fourth-order valence-corrected chi connectivity index (χ4v) is 0.754. The molecule has 0 aromatic heterocycles. The van der Waals surface area contributed by atoms with Gasteiger partial charge in [-0.2, -0.15) is 0 Å². The summed E-state index contributed by atoms with van der Waals surface area (Å²) >= 11 is 0. The van der Waals surface area contributed by atoms with Crippen LogP contribution in [-0.2, 0) is 4.74 Å². The number of benzene rings is 1. The van der Waals surface area contributed by atoms with E-state index in [2.05, 4.69) is 6.58 Å². The smallest absolute Gasteiger partial charge is 0.123 e. The summed E-state index contributed by atoms with van der Waals surface area (Å²) < 4.78 is 17.2. The van der Waals surface area contributed by atoms with E-state index in [9.17, 15) is 4.39 Å². The quantitative estimate of drug-likeness (QED) is 0.591. The van der Waals surface area contributed by atoms with Crippen molar-refractivity contribution < 1.29 is 9.13 Å². The molecule has 0 unspecified atom stereocenters. The maximum Gasteiger partial charge on any atom is 0.123 e. The molecule has 0 aliphatic carbocycles.